The van der Waals surface area contributed by atoms with Crippen LogP contribution >= 0.6 is 0 Å². The summed E-state index contributed by atoms with van der Waals surface area (Å²) in [5.74, 6) is -0.0159. The maximum absolute atomic E-state index is 12.1. The van der Waals surface area contributed by atoms with E-state index in [4.69, 9.17) is 10.5 Å². The van der Waals surface area contributed by atoms with Crippen LogP contribution in [0.5, 0.6) is 0 Å². The topological polar surface area (TPSA) is 67.6 Å². The molecule has 1 aliphatic carbocycles. The maximum Gasteiger partial charge on any atom is 0.240 e. The van der Waals surface area contributed by atoms with Gasteiger partial charge in [-0.15, -0.1) is 0 Å². The fourth-order valence-electron chi connectivity index (χ4n) is 2.86. The van der Waals surface area contributed by atoms with Gasteiger partial charge in [-0.05, 0) is 25.3 Å². The monoisotopic (exact) mass is 303 g/mol. The third-order valence-electron chi connectivity index (χ3n) is 4.65. The zero-order chi connectivity index (χ0) is 15.6. The van der Waals surface area contributed by atoms with Crippen molar-refractivity contribution in [1.82, 2.24) is 10.2 Å². The molecular weight excluding hydrogens is 278 g/mol. The lowest BCUT2D eigenvalue weighted by Crippen LogP contribution is -2.48. The van der Waals surface area contributed by atoms with Crippen molar-refractivity contribution < 1.29 is 9.53 Å². The van der Waals surface area contributed by atoms with Crippen LogP contribution < -0.4 is 11.1 Å². The molecule has 0 aromatic heterocycles. The van der Waals surface area contributed by atoms with E-state index in [1.165, 1.54) is 11.1 Å². The molecular formula is C17H25N3O2. The Bertz CT molecular complexity index is 519. The summed E-state index contributed by atoms with van der Waals surface area (Å²) < 4.78 is 5.45. The van der Waals surface area contributed by atoms with Gasteiger partial charge in [0.05, 0.1) is 24.8 Å². The summed E-state index contributed by atoms with van der Waals surface area (Å²) in [5.41, 5.74) is 7.83. The number of rotatable bonds is 5. The van der Waals surface area contributed by atoms with Gasteiger partial charge in [0.2, 0.25) is 5.91 Å². The van der Waals surface area contributed by atoms with Crippen LogP contribution in [0.15, 0.2) is 24.3 Å². The van der Waals surface area contributed by atoms with Crippen molar-refractivity contribution in [3.63, 3.8) is 0 Å². The zero-order valence-electron chi connectivity index (χ0n) is 13.2. The van der Waals surface area contributed by atoms with Gasteiger partial charge in [0, 0.05) is 19.6 Å². The van der Waals surface area contributed by atoms with E-state index in [9.17, 15) is 4.79 Å². The number of nitrogens with one attached hydrogen (secondary N) is 1. The quantitative estimate of drug-likeness (QED) is 0.851. The Morgan fingerprint density at radius 3 is 2.55 bits per heavy atom. The highest BCUT2D eigenvalue weighted by Crippen LogP contribution is 2.32. The van der Waals surface area contributed by atoms with Crippen LogP contribution in [0.25, 0.3) is 0 Å². The molecule has 5 nitrogen and oxygen atoms in total. The van der Waals surface area contributed by atoms with Gasteiger partial charge >= 0.3 is 0 Å². The average Bonchev–Trinajstić information content (AvgIpc) is 3.29. The molecule has 2 aliphatic rings. The van der Waals surface area contributed by atoms with E-state index in [1.807, 2.05) is 0 Å². The first kappa shape index (κ1) is 15.5. The van der Waals surface area contributed by atoms with Gasteiger partial charge in [-0.1, -0.05) is 29.8 Å². The highest BCUT2D eigenvalue weighted by Gasteiger charge is 2.46. The lowest BCUT2D eigenvalue weighted by molar-refractivity contribution is -0.123. The molecule has 3 rings (SSSR count). The number of carbonyl (C=O) groups is 1. The summed E-state index contributed by atoms with van der Waals surface area (Å²) in [6.45, 7) is 5.96. The van der Waals surface area contributed by atoms with E-state index in [2.05, 4.69) is 41.4 Å². The normalized spacial score (nSPS) is 22.1. The van der Waals surface area contributed by atoms with Crippen molar-refractivity contribution >= 4 is 5.91 Å². The lowest BCUT2D eigenvalue weighted by Gasteiger charge is -2.35. The molecule has 0 spiro atoms. The first-order valence-corrected chi connectivity index (χ1v) is 8.04. The van der Waals surface area contributed by atoms with Gasteiger partial charge in [-0.25, -0.2) is 0 Å². The molecule has 1 aromatic rings. The number of hydrogen-bond donors (Lipinski definition) is 2. The molecule has 120 valence electrons. The van der Waals surface area contributed by atoms with Crippen LogP contribution in [-0.2, 0) is 9.53 Å². The summed E-state index contributed by atoms with van der Waals surface area (Å²) >= 11 is 0. The van der Waals surface area contributed by atoms with Crippen LogP contribution in [0.2, 0.25) is 0 Å². The minimum atomic E-state index is -0.608. The second-order valence-electron chi connectivity index (χ2n) is 6.44. The molecule has 0 bridgehead atoms. The Morgan fingerprint density at radius 2 is 1.95 bits per heavy atom. The van der Waals surface area contributed by atoms with Crippen LogP contribution in [0.3, 0.4) is 0 Å². The summed E-state index contributed by atoms with van der Waals surface area (Å²) in [4.78, 5) is 14.5. The number of ether oxygens (including phenoxy) is 1. The average molecular weight is 303 g/mol. The molecule has 1 heterocycles. The smallest absolute Gasteiger partial charge is 0.240 e. The van der Waals surface area contributed by atoms with Crippen LogP contribution in [0, 0.1) is 6.92 Å². The number of morpholine rings is 1. The minimum Gasteiger partial charge on any atom is -0.379 e. The van der Waals surface area contributed by atoms with Crippen molar-refractivity contribution in [3.05, 3.63) is 35.4 Å². The SMILES string of the molecule is Cc1ccc(C(CNC(=O)C2(N)CC2)N2CCOCC2)cc1. The first-order valence-electron chi connectivity index (χ1n) is 8.04. The van der Waals surface area contributed by atoms with Crippen molar-refractivity contribution in [2.75, 3.05) is 32.8 Å². The number of carbonyl (C=O) groups excluding carboxylic acids is 1. The molecule has 3 N–H and O–H groups in total. The van der Waals surface area contributed by atoms with Gasteiger partial charge in [0.15, 0.2) is 0 Å². The van der Waals surface area contributed by atoms with Crippen LogP contribution in [0.1, 0.15) is 30.0 Å². The van der Waals surface area contributed by atoms with Gasteiger partial charge in [-0.2, -0.15) is 0 Å². The van der Waals surface area contributed by atoms with Crippen LogP contribution in [0.4, 0.5) is 0 Å². The number of benzene rings is 1. The second kappa shape index (κ2) is 6.36. The third kappa shape index (κ3) is 3.48. The molecule has 0 radical (unpaired) electrons. The van der Waals surface area contributed by atoms with E-state index in [1.54, 1.807) is 0 Å². The van der Waals surface area contributed by atoms with Crippen LogP contribution in [-0.4, -0.2) is 49.2 Å². The molecule has 1 amide bonds. The number of aryl methyl sites for hydroxylation is 1. The largest absolute Gasteiger partial charge is 0.379 e. The summed E-state index contributed by atoms with van der Waals surface area (Å²) in [6, 6.07) is 8.72. The van der Waals surface area contributed by atoms with Crippen molar-refractivity contribution in [2.24, 2.45) is 5.73 Å². The molecule has 1 unspecified atom stereocenters. The standard InChI is InChI=1S/C17H25N3O2/c1-13-2-4-14(5-3-13)15(20-8-10-22-11-9-20)12-19-16(21)17(18)6-7-17/h2-5,15H,6-12,18H2,1H3,(H,19,21). The molecule has 2 fully saturated rings. The Morgan fingerprint density at radius 1 is 1.32 bits per heavy atom. The maximum atomic E-state index is 12.1. The Labute approximate surface area is 131 Å². The fraction of sp³-hybridized carbons (Fsp3) is 0.588. The molecule has 1 aliphatic heterocycles. The van der Waals surface area contributed by atoms with Crippen molar-refractivity contribution in [1.29, 1.82) is 0 Å². The lowest BCUT2D eigenvalue weighted by atomic mass is 10.0. The van der Waals surface area contributed by atoms with E-state index in [-0.39, 0.29) is 11.9 Å². The molecule has 22 heavy (non-hydrogen) atoms. The first-order chi connectivity index (χ1) is 10.6. The molecule has 1 atom stereocenters. The summed E-state index contributed by atoms with van der Waals surface area (Å²) in [7, 11) is 0. The number of amides is 1. The summed E-state index contributed by atoms with van der Waals surface area (Å²) in [5, 5.41) is 3.05. The second-order valence-corrected chi connectivity index (χ2v) is 6.44. The molecule has 5 heteroatoms. The predicted octanol–water partition coefficient (Wildman–Crippen LogP) is 0.976. The van der Waals surface area contributed by atoms with E-state index in [0.29, 0.717) is 6.54 Å². The number of nitrogens with zero attached hydrogens (tertiary/aromatic N) is 1. The fourth-order valence-corrected chi connectivity index (χ4v) is 2.86. The Kier molecular flexibility index (Phi) is 4.47. The minimum absolute atomic E-state index is 0.0159. The van der Waals surface area contributed by atoms with Gasteiger partial charge < -0.3 is 15.8 Å². The van der Waals surface area contributed by atoms with E-state index >= 15 is 0 Å². The number of hydrogen-bond acceptors (Lipinski definition) is 4. The highest BCUT2D eigenvalue weighted by atomic mass is 16.5. The third-order valence-corrected chi connectivity index (χ3v) is 4.65. The predicted molar refractivity (Wildman–Crippen MR) is 85.5 cm³/mol. The molecule has 1 saturated heterocycles. The van der Waals surface area contributed by atoms with Gasteiger partial charge in [0.1, 0.15) is 0 Å². The Hall–Kier alpha value is -1.43. The zero-order valence-corrected chi connectivity index (χ0v) is 13.2. The van der Waals surface area contributed by atoms with Gasteiger partial charge in [0.25, 0.3) is 0 Å². The molecule has 1 aromatic carbocycles. The highest BCUT2D eigenvalue weighted by molar-refractivity contribution is 5.88. The van der Waals surface area contributed by atoms with E-state index < -0.39 is 5.54 Å². The van der Waals surface area contributed by atoms with Gasteiger partial charge in [-0.3, -0.25) is 9.69 Å². The summed E-state index contributed by atoms with van der Waals surface area (Å²) in [6.07, 6.45) is 1.59. The molecule has 1 saturated carbocycles. The van der Waals surface area contributed by atoms with E-state index in [0.717, 1.165) is 39.1 Å². The number of nitrogens with two attached hydrogens (primary N) is 1. The van der Waals surface area contributed by atoms with Crippen molar-refractivity contribution in [3.8, 4) is 0 Å². The Balaban J connectivity index is 1.70. The van der Waals surface area contributed by atoms with Crippen molar-refractivity contribution in [2.45, 2.75) is 31.3 Å².